The van der Waals surface area contributed by atoms with Crippen LogP contribution in [0, 0.1) is 6.92 Å². The van der Waals surface area contributed by atoms with Gasteiger partial charge in [0.2, 0.25) is 12.2 Å². The van der Waals surface area contributed by atoms with Crippen LogP contribution in [0.15, 0.2) is 12.4 Å². The summed E-state index contributed by atoms with van der Waals surface area (Å²) >= 11 is 0. The predicted molar refractivity (Wildman–Crippen MR) is 51.0 cm³/mol. The highest BCUT2D eigenvalue weighted by Crippen LogP contribution is 2.18. The van der Waals surface area contributed by atoms with Crippen molar-refractivity contribution in [2.24, 2.45) is 0 Å². The first-order valence-corrected chi connectivity index (χ1v) is 4.92. The number of hydrogen-bond donors (Lipinski definition) is 0. The Morgan fingerprint density at radius 3 is 2.93 bits per heavy atom. The molecule has 1 aromatic rings. The maximum absolute atomic E-state index is 5.59. The van der Waals surface area contributed by atoms with Gasteiger partial charge in [0.25, 0.3) is 0 Å². The van der Waals surface area contributed by atoms with E-state index in [1.165, 1.54) is 0 Å². The summed E-state index contributed by atoms with van der Waals surface area (Å²) in [7, 11) is 0. The number of ether oxygens (including phenoxy) is 2. The minimum Gasteiger partial charge on any atom is -0.446 e. The largest absolute Gasteiger partial charge is 0.446 e. The van der Waals surface area contributed by atoms with Gasteiger partial charge in [0.15, 0.2) is 0 Å². The van der Waals surface area contributed by atoms with Gasteiger partial charge in [-0.25, -0.2) is 4.98 Å². The fraction of sp³-hybridized carbons (Fsp3) is 0.600. The summed E-state index contributed by atoms with van der Waals surface area (Å²) in [4.78, 5) is 8.21. The van der Waals surface area contributed by atoms with Gasteiger partial charge in [0, 0.05) is 18.8 Å². The maximum Gasteiger partial charge on any atom is 0.237 e. The highest BCUT2D eigenvalue weighted by molar-refractivity contribution is 5.14. The van der Waals surface area contributed by atoms with Gasteiger partial charge in [-0.05, 0) is 19.8 Å². The van der Waals surface area contributed by atoms with Crippen LogP contribution in [-0.4, -0.2) is 22.9 Å². The van der Waals surface area contributed by atoms with Crippen molar-refractivity contribution >= 4 is 0 Å². The molecule has 0 spiro atoms. The summed E-state index contributed by atoms with van der Waals surface area (Å²) in [5.41, 5.74) is 0.807. The first kappa shape index (κ1) is 9.40. The fourth-order valence-corrected chi connectivity index (χ4v) is 1.44. The van der Waals surface area contributed by atoms with Crippen LogP contribution in [0.3, 0.4) is 0 Å². The summed E-state index contributed by atoms with van der Waals surface area (Å²) in [5.74, 6) is 0.583. The molecular formula is C10H14N2O2. The van der Waals surface area contributed by atoms with E-state index in [1.54, 1.807) is 12.4 Å². The molecule has 0 aliphatic carbocycles. The van der Waals surface area contributed by atoms with Crippen molar-refractivity contribution in [2.45, 2.75) is 32.5 Å². The number of hydrogen-bond acceptors (Lipinski definition) is 4. The highest BCUT2D eigenvalue weighted by Gasteiger charge is 2.16. The predicted octanol–water partition coefficient (Wildman–Crippen LogP) is 1.69. The zero-order valence-corrected chi connectivity index (χ0v) is 8.27. The van der Waals surface area contributed by atoms with Crippen molar-refractivity contribution in [3.63, 3.8) is 0 Å². The molecule has 1 aliphatic rings. The number of aryl methyl sites for hydroxylation is 1. The van der Waals surface area contributed by atoms with Crippen LogP contribution >= 0.6 is 0 Å². The minimum atomic E-state index is -0.140. The third-order valence-electron chi connectivity index (χ3n) is 2.22. The standard InChI is InChI=1S/C10H14N2O2/c1-8-10(12-6-5-11-8)14-9-4-2-3-7-13-9/h5-6,9H,2-4,7H2,1H3. The Morgan fingerprint density at radius 1 is 1.36 bits per heavy atom. The monoisotopic (exact) mass is 194 g/mol. The van der Waals surface area contributed by atoms with E-state index in [1.807, 2.05) is 6.92 Å². The molecule has 1 saturated heterocycles. The van der Waals surface area contributed by atoms with Crippen molar-refractivity contribution in [1.29, 1.82) is 0 Å². The van der Waals surface area contributed by atoms with Crippen molar-refractivity contribution in [3.05, 3.63) is 18.1 Å². The molecule has 2 heterocycles. The average molecular weight is 194 g/mol. The second kappa shape index (κ2) is 4.37. The van der Waals surface area contributed by atoms with E-state index in [-0.39, 0.29) is 6.29 Å². The molecule has 0 N–H and O–H groups in total. The van der Waals surface area contributed by atoms with Crippen LogP contribution < -0.4 is 4.74 Å². The molecule has 1 aliphatic heterocycles. The molecule has 2 rings (SSSR count). The Hall–Kier alpha value is -1.16. The van der Waals surface area contributed by atoms with E-state index < -0.39 is 0 Å². The zero-order chi connectivity index (χ0) is 9.80. The van der Waals surface area contributed by atoms with Crippen LogP contribution in [0.25, 0.3) is 0 Å². The normalized spacial score (nSPS) is 21.9. The van der Waals surface area contributed by atoms with Gasteiger partial charge in [-0.2, -0.15) is 0 Å². The SMILES string of the molecule is Cc1nccnc1OC1CCCCO1. The summed E-state index contributed by atoms with van der Waals surface area (Å²) in [6.07, 6.45) is 6.37. The Balaban J connectivity index is 1.99. The second-order valence-corrected chi connectivity index (χ2v) is 3.36. The van der Waals surface area contributed by atoms with E-state index >= 15 is 0 Å². The van der Waals surface area contributed by atoms with Crippen LogP contribution in [0.2, 0.25) is 0 Å². The summed E-state index contributed by atoms with van der Waals surface area (Å²) in [6, 6.07) is 0. The number of nitrogens with zero attached hydrogens (tertiary/aromatic N) is 2. The topological polar surface area (TPSA) is 44.2 Å². The average Bonchev–Trinajstić information content (AvgIpc) is 2.23. The molecule has 0 saturated carbocycles. The summed E-state index contributed by atoms with van der Waals surface area (Å²) < 4.78 is 11.0. The first-order valence-electron chi connectivity index (χ1n) is 4.92. The van der Waals surface area contributed by atoms with E-state index in [2.05, 4.69) is 9.97 Å². The van der Waals surface area contributed by atoms with Gasteiger partial charge >= 0.3 is 0 Å². The molecule has 1 atom stereocenters. The Kier molecular flexibility index (Phi) is 2.93. The molecule has 1 unspecified atom stereocenters. The molecule has 1 fully saturated rings. The molecule has 0 radical (unpaired) electrons. The van der Waals surface area contributed by atoms with Gasteiger partial charge in [-0.3, -0.25) is 4.98 Å². The zero-order valence-electron chi connectivity index (χ0n) is 8.27. The molecule has 0 amide bonds. The highest BCUT2D eigenvalue weighted by atomic mass is 16.7. The second-order valence-electron chi connectivity index (χ2n) is 3.36. The number of aromatic nitrogens is 2. The van der Waals surface area contributed by atoms with E-state index in [0.29, 0.717) is 5.88 Å². The maximum atomic E-state index is 5.59. The van der Waals surface area contributed by atoms with Crippen molar-refractivity contribution in [3.8, 4) is 5.88 Å². The van der Waals surface area contributed by atoms with Gasteiger partial charge in [0.1, 0.15) is 0 Å². The Labute approximate surface area is 83.3 Å². The smallest absolute Gasteiger partial charge is 0.237 e. The molecule has 4 heteroatoms. The molecule has 0 aromatic carbocycles. The molecule has 0 bridgehead atoms. The molecular weight excluding hydrogens is 180 g/mol. The van der Waals surface area contributed by atoms with Crippen molar-refractivity contribution in [2.75, 3.05) is 6.61 Å². The molecule has 4 nitrogen and oxygen atoms in total. The molecule has 14 heavy (non-hydrogen) atoms. The summed E-state index contributed by atoms with van der Waals surface area (Å²) in [5, 5.41) is 0. The lowest BCUT2D eigenvalue weighted by Gasteiger charge is -2.23. The van der Waals surface area contributed by atoms with E-state index in [9.17, 15) is 0 Å². The molecule has 76 valence electrons. The van der Waals surface area contributed by atoms with Crippen LogP contribution in [0.1, 0.15) is 25.0 Å². The fourth-order valence-electron chi connectivity index (χ4n) is 1.44. The van der Waals surface area contributed by atoms with Crippen molar-refractivity contribution < 1.29 is 9.47 Å². The lowest BCUT2D eigenvalue weighted by atomic mass is 10.2. The lowest BCUT2D eigenvalue weighted by Crippen LogP contribution is -2.25. The van der Waals surface area contributed by atoms with E-state index in [4.69, 9.17) is 9.47 Å². The number of rotatable bonds is 2. The van der Waals surface area contributed by atoms with Crippen LogP contribution in [-0.2, 0) is 4.74 Å². The Morgan fingerprint density at radius 2 is 2.21 bits per heavy atom. The molecule has 1 aromatic heterocycles. The quantitative estimate of drug-likeness (QED) is 0.718. The minimum absolute atomic E-state index is 0.140. The van der Waals surface area contributed by atoms with Crippen LogP contribution in [0.4, 0.5) is 0 Å². The van der Waals surface area contributed by atoms with E-state index in [0.717, 1.165) is 31.6 Å². The summed E-state index contributed by atoms with van der Waals surface area (Å²) in [6.45, 7) is 2.66. The van der Waals surface area contributed by atoms with Gasteiger partial charge in [-0.1, -0.05) is 0 Å². The first-order chi connectivity index (χ1) is 6.86. The van der Waals surface area contributed by atoms with Crippen molar-refractivity contribution in [1.82, 2.24) is 9.97 Å². The van der Waals surface area contributed by atoms with Gasteiger partial charge < -0.3 is 9.47 Å². The van der Waals surface area contributed by atoms with Gasteiger partial charge in [0.05, 0.1) is 12.3 Å². The van der Waals surface area contributed by atoms with Gasteiger partial charge in [-0.15, -0.1) is 0 Å². The third kappa shape index (κ3) is 2.20. The van der Waals surface area contributed by atoms with Crippen LogP contribution in [0.5, 0.6) is 5.88 Å². The Bertz CT molecular complexity index is 298. The third-order valence-corrected chi connectivity index (χ3v) is 2.22. The lowest BCUT2D eigenvalue weighted by molar-refractivity contribution is -0.108.